The highest BCUT2D eigenvalue weighted by Gasteiger charge is 2.31. The molecule has 0 spiro atoms. The fourth-order valence-corrected chi connectivity index (χ4v) is 7.51. The van der Waals surface area contributed by atoms with Crippen molar-refractivity contribution in [3.63, 3.8) is 0 Å². The Labute approximate surface area is 295 Å². The summed E-state index contributed by atoms with van der Waals surface area (Å²) in [6.45, 7) is 4.70. The lowest BCUT2D eigenvalue weighted by molar-refractivity contribution is -0.135. The molecule has 6 aromatic rings. The van der Waals surface area contributed by atoms with Gasteiger partial charge in [-0.15, -0.1) is 10.2 Å². The molecule has 4 N–H and O–H groups in total. The van der Waals surface area contributed by atoms with E-state index in [9.17, 15) is 14.7 Å². The molecule has 2 fully saturated rings. The first-order valence-corrected chi connectivity index (χ1v) is 17.2. The number of para-hydroxylation sites is 1. The first-order valence-electron chi connectivity index (χ1n) is 17.2. The van der Waals surface area contributed by atoms with Gasteiger partial charge in [0.15, 0.2) is 5.82 Å². The van der Waals surface area contributed by atoms with Crippen LogP contribution >= 0.6 is 0 Å². The molecule has 3 aromatic carbocycles. The lowest BCUT2D eigenvalue weighted by atomic mass is 10.0. The number of hydrogen-bond donors (Lipinski definition) is 3. The normalized spacial score (nSPS) is 16.7. The van der Waals surface area contributed by atoms with Gasteiger partial charge in [0.25, 0.3) is 0 Å². The number of nitrogens with one attached hydrogen (secondary N) is 1. The summed E-state index contributed by atoms with van der Waals surface area (Å²) in [6.07, 6.45) is 2.51. The van der Waals surface area contributed by atoms with Crippen LogP contribution in [0.3, 0.4) is 0 Å². The third kappa shape index (κ3) is 6.18. The van der Waals surface area contributed by atoms with Gasteiger partial charge in [-0.2, -0.15) is 0 Å². The molecule has 12 heteroatoms. The van der Waals surface area contributed by atoms with Gasteiger partial charge in [-0.05, 0) is 73.1 Å². The van der Waals surface area contributed by atoms with Crippen molar-refractivity contribution in [3.8, 4) is 17.0 Å². The maximum Gasteiger partial charge on any atom is 0.249 e. The van der Waals surface area contributed by atoms with Crippen molar-refractivity contribution >= 4 is 50.9 Å². The molecule has 2 aliphatic rings. The highest BCUT2D eigenvalue weighted by atomic mass is 16.3. The van der Waals surface area contributed by atoms with E-state index < -0.39 is 6.04 Å². The monoisotopic (exact) mass is 681 g/mol. The van der Waals surface area contributed by atoms with Crippen molar-refractivity contribution < 1.29 is 14.7 Å². The van der Waals surface area contributed by atoms with Gasteiger partial charge >= 0.3 is 0 Å². The van der Waals surface area contributed by atoms with E-state index in [0.717, 1.165) is 65.9 Å². The Balaban J connectivity index is 0.940. The minimum absolute atomic E-state index is 0.159. The Kier molecular flexibility index (Phi) is 8.44. The van der Waals surface area contributed by atoms with E-state index in [1.54, 1.807) is 18.3 Å². The molecule has 0 saturated carbocycles. The number of benzene rings is 3. The van der Waals surface area contributed by atoms with E-state index in [1.165, 1.54) is 11.3 Å². The number of amides is 2. The summed E-state index contributed by atoms with van der Waals surface area (Å²) in [5, 5.41) is 23.3. The number of phenols is 1. The number of hydrogen-bond acceptors (Lipinski definition) is 10. The number of fused-ring (bicyclic) bond motifs is 3. The molecule has 0 radical (unpaired) electrons. The lowest BCUT2D eigenvalue weighted by Crippen LogP contribution is -2.46. The average molecular weight is 682 g/mol. The fraction of sp³-hybridized carbons (Fsp3) is 0.256. The number of pyridine rings is 1. The second-order valence-corrected chi connectivity index (χ2v) is 13.4. The van der Waals surface area contributed by atoms with Gasteiger partial charge < -0.3 is 25.2 Å². The Morgan fingerprint density at radius 1 is 0.902 bits per heavy atom. The number of piperidine rings is 1. The smallest absolute Gasteiger partial charge is 0.249 e. The highest BCUT2D eigenvalue weighted by molar-refractivity contribution is 6.10. The zero-order valence-corrected chi connectivity index (χ0v) is 28.4. The number of anilines is 3. The molecule has 1 unspecified atom stereocenters. The molecule has 0 bridgehead atoms. The molecule has 0 aliphatic carbocycles. The second kappa shape index (κ2) is 13.4. The summed E-state index contributed by atoms with van der Waals surface area (Å²) < 4.78 is 2.00. The van der Waals surface area contributed by atoms with Crippen molar-refractivity contribution in [2.45, 2.75) is 32.0 Å². The first-order chi connectivity index (χ1) is 24.8. The van der Waals surface area contributed by atoms with E-state index >= 15 is 0 Å². The molecule has 12 nitrogen and oxygen atoms in total. The molecule has 1 atom stereocenters. The van der Waals surface area contributed by atoms with Crippen LogP contribution in [0.4, 0.5) is 17.2 Å². The van der Waals surface area contributed by atoms with Gasteiger partial charge in [0.1, 0.15) is 17.4 Å². The summed E-state index contributed by atoms with van der Waals surface area (Å²) in [4.78, 5) is 36.4. The number of imide groups is 1. The third-order valence-corrected chi connectivity index (χ3v) is 9.99. The van der Waals surface area contributed by atoms with Crippen LogP contribution in [0.5, 0.6) is 5.75 Å². The molecule has 2 aliphatic heterocycles. The number of aromatic hydroxyl groups is 1. The molecule has 51 heavy (non-hydrogen) atoms. The quantitative estimate of drug-likeness (QED) is 0.190. The van der Waals surface area contributed by atoms with E-state index in [2.05, 4.69) is 78.6 Å². The molecule has 5 heterocycles. The maximum atomic E-state index is 12.9. The first kappa shape index (κ1) is 32.2. The minimum Gasteiger partial charge on any atom is -0.507 e. The SMILES string of the molecule is CN(Cc1ccc(N2CCN(c3cc(-c4ccccc4O)nnc3N)CC2)cc1)Cc1cccc2c1c1cccnc1n2C1CCC(=O)NC1=O. The second-order valence-electron chi connectivity index (χ2n) is 13.4. The number of phenolic OH excluding ortho intramolecular Hbond substituents is 1. The standard InChI is InChI=1S/C39H39N9O3/c1-45(24-26-6-4-9-31-36(26)29-8-5-17-41-38(29)48(31)32-15-16-35(50)42-39(32)51)23-25-11-13-27(14-12-25)46-18-20-47(21-19-46)33-22-30(43-44-37(33)40)28-7-2-3-10-34(28)49/h2-14,17,22,32,49H,15-16,18-21,23-24H2,1H3,(H2,40,44)(H,42,50,51). The van der Waals surface area contributed by atoms with Crippen molar-refractivity contribution in [1.82, 2.24) is 30.0 Å². The van der Waals surface area contributed by atoms with Gasteiger partial charge in [-0.1, -0.05) is 36.4 Å². The van der Waals surface area contributed by atoms with Crippen LogP contribution in [-0.2, 0) is 22.7 Å². The predicted molar refractivity (Wildman–Crippen MR) is 198 cm³/mol. The van der Waals surface area contributed by atoms with Crippen molar-refractivity contribution in [2.24, 2.45) is 0 Å². The summed E-state index contributed by atoms with van der Waals surface area (Å²) in [6, 6.07) is 27.5. The van der Waals surface area contributed by atoms with Crippen LogP contribution in [0, 0.1) is 0 Å². The van der Waals surface area contributed by atoms with Gasteiger partial charge in [-0.3, -0.25) is 19.8 Å². The molecular formula is C39H39N9O3. The number of nitrogens with two attached hydrogens (primary N) is 1. The number of carbonyl (C=O) groups is 2. The average Bonchev–Trinajstić information content (AvgIpc) is 3.48. The Bertz CT molecular complexity index is 2260. The zero-order chi connectivity index (χ0) is 35.1. The number of aromatic nitrogens is 4. The van der Waals surface area contributed by atoms with E-state index in [-0.39, 0.29) is 17.6 Å². The molecule has 3 aromatic heterocycles. The van der Waals surface area contributed by atoms with Gasteiger partial charge in [0.2, 0.25) is 11.8 Å². The summed E-state index contributed by atoms with van der Waals surface area (Å²) in [7, 11) is 2.12. The van der Waals surface area contributed by atoms with Crippen LogP contribution < -0.4 is 20.9 Å². The number of nitrogens with zero attached hydrogens (tertiary/aromatic N) is 7. The van der Waals surface area contributed by atoms with E-state index in [4.69, 9.17) is 5.73 Å². The van der Waals surface area contributed by atoms with Crippen LogP contribution in [0.25, 0.3) is 33.2 Å². The van der Waals surface area contributed by atoms with Crippen molar-refractivity contribution in [3.05, 3.63) is 102 Å². The van der Waals surface area contributed by atoms with Crippen LogP contribution in [-0.4, -0.2) is 74.8 Å². The van der Waals surface area contributed by atoms with Crippen LogP contribution in [0.2, 0.25) is 0 Å². The summed E-state index contributed by atoms with van der Waals surface area (Å²) in [5.74, 6) is 0.0307. The predicted octanol–water partition coefficient (Wildman–Crippen LogP) is 4.87. The van der Waals surface area contributed by atoms with Crippen LogP contribution in [0.1, 0.15) is 30.0 Å². The minimum atomic E-state index is -0.485. The number of rotatable bonds is 8. The van der Waals surface area contributed by atoms with Gasteiger partial charge in [0.05, 0.1) is 16.9 Å². The summed E-state index contributed by atoms with van der Waals surface area (Å²) >= 11 is 0. The van der Waals surface area contributed by atoms with E-state index in [0.29, 0.717) is 36.5 Å². The zero-order valence-electron chi connectivity index (χ0n) is 28.4. The maximum absolute atomic E-state index is 12.9. The molecular weight excluding hydrogens is 642 g/mol. The summed E-state index contributed by atoms with van der Waals surface area (Å²) in [5.41, 5.74) is 13.6. The topological polar surface area (TPSA) is 146 Å². The number of carbonyl (C=O) groups excluding carboxylic acids is 2. The lowest BCUT2D eigenvalue weighted by Gasteiger charge is -2.37. The highest BCUT2D eigenvalue weighted by Crippen LogP contribution is 2.36. The van der Waals surface area contributed by atoms with Gasteiger partial charge in [-0.25, -0.2) is 4.98 Å². The van der Waals surface area contributed by atoms with E-state index in [1.807, 2.05) is 41.0 Å². The van der Waals surface area contributed by atoms with Crippen molar-refractivity contribution in [1.29, 1.82) is 0 Å². The van der Waals surface area contributed by atoms with Crippen molar-refractivity contribution in [2.75, 3.05) is 48.8 Å². The van der Waals surface area contributed by atoms with Gasteiger partial charge in [0, 0.05) is 73.9 Å². The number of nitrogen functional groups attached to an aromatic ring is 1. The Hall–Kier alpha value is -6.01. The molecule has 8 rings (SSSR count). The molecule has 2 saturated heterocycles. The van der Waals surface area contributed by atoms with Crippen LogP contribution in [0.15, 0.2) is 91.1 Å². The Morgan fingerprint density at radius 2 is 1.69 bits per heavy atom. The third-order valence-electron chi connectivity index (χ3n) is 9.99. The molecule has 258 valence electrons. The fourth-order valence-electron chi connectivity index (χ4n) is 7.51. The largest absolute Gasteiger partial charge is 0.507 e. The Morgan fingerprint density at radius 3 is 2.47 bits per heavy atom. The molecule has 2 amide bonds. The number of piperazine rings is 1.